The van der Waals surface area contributed by atoms with Gasteiger partial charge < -0.3 is 18.9 Å². The predicted molar refractivity (Wildman–Crippen MR) is 127 cm³/mol. The summed E-state index contributed by atoms with van der Waals surface area (Å²) in [4.78, 5) is 49.7. The highest BCUT2D eigenvalue weighted by Crippen LogP contribution is 2.70. The first-order valence-corrected chi connectivity index (χ1v) is 13.3. The normalized spacial score (nSPS) is 45.0. The molecule has 0 aromatic heterocycles. The molecule has 0 N–H and O–H groups in total. The van der Waals surface area contributed by atoms with Crippen LogP contribution in [0, 0.1) is 34.5 Å². The van der Waals surface area contributed by atoms with Crippen molar-refractivity contribution in [3.63, 3.8) is 0 Å². The third-order valence-corrected chi connectivity index (χ3v) is 10.5. The maximum absolute atomic E-state index is 13.3. The van der Waals surface area contributed by atoms with Crippen LogP contribution < -0.4 is 0 Å². The molecule has 1 aliphatic heterocycles. The van der Waals surface area contributed by atoms with Crippen molar-refractivity contribution in [1.82, 2.24) is 0 Å². The van der Waals surface area contributed by atoms with Gasteiger partial charge in [-0.2, -0.15) is 0 Å². The van der Waals surface area contributed by atoms with Crippen molar-refractivity contribution in [2.24, 2.45) is 34.5 Å². The van der Waals surface area contributed by atoms with E-state index in [1.807, 2.05) is 0 Å². The van der Waals surface area contributed by atoms with Crippen molar-refractivity contribution in [3.05, 3.63) is 11.6 Å². The summed E-state index contributed by atoms with van der Waals surface area (Å²) in [6.45, 7) is 7.23. The molecule has 5 rings (SSSR count). The molecule has 9 atom stereocenters. The van der Waals surface area contributed by atoms with Gasteiger partial charge in [0, 0.05) is 38.0 Å². The molecule has 5 aliphatic rings. The van der Waals surface area contributed by atoms with E-state index in [1.165, 1.54) is 21.0 Å². The van der Waals surface area contributed by atoms with E-state index >= 15 is 0 Å². The second-order valence-electron chi connectivity index (χ2n) is 12.1. The lowest BCUT2D eigenvalue weighted by Crippen LogP contribution is -2.62. The molecular weight excluding hydrogens is 464 g/mol. The first-order chi connectivity index (χ1) is 16.9. The first-order valence-electron chi connectivity index (χ1n) is 13.3. The molecule has 1 spiro atoms. The minimum absolute atomic E-state index is 0.0888. The standard InChI is InChI=1S/C28H38O8/c1-15(29)34-18-6-9-26(3)17(12-18)13-19(25(32)33-5)23-20-7-10-28(11-8-22(31)36-28)27(20,4)14-21(24(23)26)35-16(2)30/h13,18-21,23-24H,6-12,14H2,1-5H3/t18-,19+,20-,21+,23-,24?,26-,27?,28?/m0/s1. The van der Waals surface area contributed by atoms with Crippen molar-refractivity contribution in [2.45, 2.75) is 96.9 Å². The van der Waals surface area contributed by atoms with Crippen molar-refractivity contribution >= 4 is 23.9 Å². The van der Waals surface area contributed by atoms with Crippen LogP contribution in [-0.4, -0.2) is 48.8 Å². The van der Waals surface area contributed by atoms with Gasteiger partial charge in [-0.25, -0.2) is 0 Å². The number of rotatable bonds is 3. The van der Waals surface area contributed by atoms with Gasteiger partial charge in [0.15, 0.2) is 0 Å². The molecule has 3 saturated carbocycles. The van der Waals surface area contributed by atoms with Gasteiger partial charge in [-0.15, -0.1) is 0 Å². The number of carbonyl (C=O) groups is 4. The predicted octanol–water partition coefficient (Wildman–Crippen LogP) is 3.90. The number of carbonyl (C=O) groups excluding carboxylic acids is 4. The number of methoxy groups -OCH3 is 1. The lowest BCUT2D eigenvalue weighted by molar-refractivity contribution is -0.204. The van der Waals surface area contributed by atoms with E-state index in [-0.39, 0.29) is 53.1 Å². The van der Waals surface area contributed by atoms with E-state index in [9.17, 15) is 19.2 Å². The summed E-state index contributed by atoms with van der Waals surface area (Å²) < 4.78 is 23.0. The van der Waals surface area contributed by atoms with E-state index in [1.54, 1.807) is 0 Å². The Labute approximate surface area is 212 Å². The summed E-state index contributed by atoms with van der Waals surface area (Å²) in [6, 6.07) is 0. The van der Waals surface area contributed by atoms with Crippen LogP contribution in [0.2, 0.25) is 0 Å². The Kier molecular flexibility index (Phi) is 6.03. The fraction of sp³-hybridized carbons (Fsp3) is 0.786. The van der Waals surface area contributed by atoms with Gasteiger partial charge in [0.1, 0.15) is 17.8 Å². The summed E-state index contributed by atoms with van der Waals surface area (Å²) in [5.74, 6) is -1.72. The Hall–Kier alpha value is -2.38. The van der Waals surface area contributed by atoms with E-state index < -0.39 is 23.0 Å². The Morgan fingerprint density at radius 1 is 1.03 bits per heavy atom. The van der Waals surface area contributed by atoms with E-state index in [0.29, 0.717) is 25.7 Å². The highest BCUT2D eigenvalue weighted by molar-refractivity contribution is 5.76. The van der Waals surface area contributed by atoms with E-state index in [4.69, 9.17) is 18.9 Å². The average Bonchev–Trinajstić information content (AvgIpc) is 3.31. The number of hydrogen-bond donors (Lipinski definition) is 0. The third-order valence-electron chi connectivity index (χ3n) is 10.5. The molecule has 36 heavy (non-hydrogen) atoms. The van der Waals surface area contributed by atoms with Gasteiger partial charge in [0.25, 0.3) is 0 Å². The molecule has 0 bridgehead atoms. The van der Waals surface area contributed by atoms with Crippen LogP contribution in [0.3, 0.4) is 0 Å². The molecule has 1 saturated heterocycles. The number of ether oxygens (including phenoxy) is 4. The summed E-state index contributed by atoms with van der Waals surface area (Å²) in [5, 5.41) is 0. The molecule has 8 nitrogen and oxygen atoms in total. The van der Waals surface area contributed by atoms with Crippen molar-refractivity contribution < 1.29 is 38.1 Å². The second kappa shape index (κ2) is 8.59. The number of fused-ring (bicyclic) bond motifs is 6. The van der Waals surface area contributed by atoms with Gasteiger partial charge in [-0.1, -0.05) is 25.5 Å². The monoisotopic (exact) mass is 502 g/mol. The summed E-state index contributed by atoms with van der Waals surface area (Å²) >= 11 is 0. The summed E-state index contributed by atoms with van der Waals surface area (Å²) in [7, 11) is 1.41. The maximum atomic E-state index is 13.3. The SMILES string of the molecule is COC(=O)[C@@H]1C=C2C[C@@H](OC(C)=O)CC[C@]2(C)C2[C@@H]1[C@@H]1CCC3(CCC(=O)O3)C1(C)C[C@H]2OC(C)=O. The van der Waals surface area contributed by atoms with Crippen LogP contribution >= 0.6 is 0 Å². The van der Waals surface area contributed by atoms with Crippen LogP contribution in [0.4, 0.5) is 0 Å². The van der Waals surface area contributed by atoms with Gasteiger partial charge in [0.2, 0.25) is 0 Å². The smallest absolute Gasteiger partial charge is 0.312 e. The van der Waals surface area contributed by atoms with Crippen molar-refractivity contribution in [3.8, 4) is 0 Å². The number of hydrogen-bond acceptors (Lipinski definition) is 8. The fourth-order valence-electron chi connectivity index (χ4n) is 9.03. The van der Waals surface area contributed by atoms with Crippen LogP contribution in [0.1, 0.15) is 79.1 Å². The summed E-state index contributed by atoms with van der Waals surface area (Å²) in [6.07, 6.45) is 6.71. The molecule has 0 aromatic rings. The molecule has 0 amide bonds. The minimum Gasteiger partial charge on any atom is -0.469 e. The maximum Gasteiger partial charge on any atom is 0.312 e. The minimum atomic E-state index is -0.587. The van der Waals surface area contributed by atoms with Crippen LogP contribution in [0.5, 0.6) is 0 Å². The average molecular weight is 503 g/mol. The Morgan fingerprint density at radius 2 is 1.75 bits per heavy atom. The zero-order chi connectivity index (χ0) is 26.0. The van der Waals surface area contributed by atoms with E-state index in [0.717, 1.165) is 31.3 Å². The highest BCUT2D eigenvalue weighted by Gasteiger charge is 2.71. The molecular formula is C28H38O8. The largest absolute Gasteiger partial charge is 0.469 e. The van der Waals surface area contributed by atoms with Gasteiger partial charge >= 0.3 is 23.9 Å². The zero-order valence-electron chi connectivity index (χ0n) is 22.0. The van der Waals surface area contributed by atoms with Gasteiger partial charge in [0.05, 0.1) is 13.0 Å². The topological polar surface area (TPSA) is 105 Å². The molecule has 4 aliphatic carbocycles. The molecule has 8 heteroatoms. The summed E-state index contributed by atoms with van der Waals surface area (Å²) in [5.41, 5.74) is -0.229. The molecule has 1 heterocycles. The highest BCUT2D eigenvalue weighted by atomic mass is 16.6. The van der Waals surface area contributed by atoms with Gasteiger partial charge in [-0.05, 0) is 55.8 Å². The molecule has 3 unspecified atom stereocenters. The Morgan fingerprint density at radius 3 is 2.36 bits per heavy atom. The lowest BCUT2D eigenvalue weighted by Gasteiger charge is -2.62. The first kappa shape index (κ1) is 25.3. The fourth-order valence-corrected chi connectivity index (χ4v) is 9.03. The molecule has 4 fully saturated rings. The zero-order valence-corrected chi connectivity index (χ0v) is 22.0. The molecule has 0 aromatic carbocycles. The third kappa shape index (κ3) is 3.61. The molecule has 0 radical (unpaired) electrons. The van der Waals surface area contributed by atoms with Crippen LogP contribution in [0.15, 0.2) is 11.6 Å². The van der Waals surface area contributed by atoms with Crippen molar-refractivity contribution in [2.75, 3.05) is 7.11 Å². The number of esters is 4. The second-order valence-corrected chi connectivity index (χ2v) is 12.1. The quantitative estimate of drug-likeness (QED) is 0.325. The molecule has 198 valence electrons. The van der Waals surface area contributed by atoms with Crippen LogP contribution in [0.25, 0.3) is 0 Å². The van der Waals surface area contributed by atoms with E-state index in [2.05, 4.69) is 19.9 Å². The van der Waals surface area contributed by atoms with Gasteiger partial charge in [-0.3, -0.25) is 19.2 Å². The lowest BCUT2D eigenvalue weighted by atomic mass is 9.44. The Balaban J connectivity index is 1.62. The van der Waals surface area contributed by atoms with Crippen LogP contribution in [-0.2, 0) is 38.1 Å². The van der Waals surface area contributed by atoms with Crippen molar-refractivity contribution in [1.29, 1.82) is 0 Å². The Bertz CT molecular complexity index is 1020.